The van der Waals surface area contributed by atoms with Gasteiger partial charge < -0.3 is 9.72 Å². The summed E-state index contributed by atoms with van der Waals surface area (Å²) in [5, 5.41) is 0. The maximum atomic E-state index is 12.8. The summed E-state index contributed by atoms with van der Waals surface area (Å²) in [6, 6.07) is 3.29. The first-order valence-corrected chi connectivity index (χ1v) is 11.0. The van der Waals surface area contributed by atoms with Gasteiger partial charge in [0.15, 0.2) is 17.0 Å². The van der Waals surface area contributed by atoms with Gasteiger partial charge in [0.25, 0.3) is 5.56 Å². The number of nitrogens with zero attached hydrogens (tertiary/aromatic N) is 4. The molecule has 3 aromatic rings. The minimum absolute atomic E-state index is 0.0105. The fourth-order valence-electron chi connectivity index (χ4n) is 3.38. The third-order valence-electron chi connectivity index (χ3n) is 5.12. The maximum absolute atomic E-state index is 12.8. The van der Waals surface area contributed by atoms with Crippen LogP contribution in [-0.4, -0.2) is 30.1 Å². The van der Waals surface area contributed by atoms with Crippen molar-refractivity contribution in [3.8, 4) is 17.6 Å². The van der Waals surface area contributed by atoms with Crippen molar-refractivity contribution < 1.29 is 9.53 Å². The van der Waals surface area contributed by atoms with Crippen LogP contribution >= 0.6 is 0 Å². The number of imidazole rings is 1. The summed E-state index contributed by atoms with van der Waals surface area (Å²) in [6.45, 7) is 4.00. The van der Waals surface area contributed by atoms with E-state index in [9.17, 15) is 14.4 Å². The van der Waals surface area contributed by atoms with E-state index in [1.165, 1.54) is 4.57 Å². The summed E-state index contributed by atoms with van der Waals surface area (Å²) >= 11 is 0. The lowest BCUT2D eigenvalue weighted by molar-refractivity contribution is -0.134. The van der Waals surface area contributed by atoms with Gasteiger partial charge in [0.1, 0.15) is 5.75 Å². The molecule has 0 spiro atoms. The van der Waals surface area contributed by atoms with Crippen molar-refractivity contribution in [3.63, 3.8) is 0 Å². The molecule has 0 amide bonds. The number of H-pyrrole nitrogens is 1. The van der Waals surface area contributed by atoms with Crippen LogP contribution in [0.3, 0.4) is 0 Å². The molecule has 166 valence electrons. The Morgan fingerprint density at radius 3 is 2.44 bits per heavy atom. The van der Waals surface area contributed by atoms with Crippen LogP contribution in [0, 0.1) is 11.8 Å². The molecule has 9 nitrogen and oxygen atoms in total. The van der Waals surface area contributed by atoms with Crippen molar-refractivity contribution in [2.45, 2.75) is 64.5 Å². The number of esters is 1. The van der Waals surface area contributed by atoms with Crippen LogP contribution in [0.1, 0.15) is 70.3 Å². The van der Waals surface area contributed by atoms with E-state index in [2.05, 4.69) is 26.8 Å². The molecule has 1 N–H and O–H groups in total. The Kier molecular flexibility index (Phi) is 6.21. The fraction of sp³-hybridized carbons (Fsp3) is 0.435. The Labute approximate surface area is 184 Å². The number of aromatic nitrogens is 5. The zero-order chi connectivity index (χ0) is 22.7. The van der Waals surface area contributed by atoms with Crippen molar-refractivity contribution in [2.24, 2.45) is 0 Å². The van der Waals surface area contributed by atoms with E-state index in [1.807, 2.05) is 13.8 Å². The predicted octanol–water partition coefficient (Wildman–Crippen LogP) is 2.71. The van der Waals surface area contributed by atoms with Gasteiger partial charge in [-0.1, -0.05) is 19.8 Å². The van der Waals surface area contributed by atoms with E-state index in [0.717, 1.165) is 25.7 Å². The molecule has 0 saturated heterocycles. The number of ether oxygens (including phenoxy) is 1. The molecule has 9 heteroatoms. The van der Waals surface area contributed by atoms with E-state index in [-0.39, 0.29) is 36.2 Å². The van der Waals surface area contributed by atoms with Gasteiger partial charge in [0.05, 0.1) is 6.42 Å². The number of aromatic amines is 1. The standard InChI is InChI=1S/C21H19N5O4.C2H6/c27-17(30-15-9-11-22-12-10-15)4-2-1-3-16-23-18-19(24-16)25(13-5-6-13)21(29)26(20(18)28)14-7-8-14;1-2/h9-14H,2,4-8H2,(H,23,24);1-2H3. The molecule has 0 unspecified atom stereocenters. The third-order valence-corrected chi connectivity index (χ3v) is 5.12. The number of nitrogens with one attached hydrogen (secondary N) is 1. The average Bonchev–Trinajstić information content (AvgIpc) is 3.73. The average molecular weight is 435 g/mol. The van der Waals surface area contributed by atoms with E-state index in [4.69, 9.17) is 4.74 Å². The van der Waals surface area contributed by atoms with Crippen LogP contribution in [0.25, 0.3) is 11.2 Å². The summed E-state index contributed by atoms with van der Waals surface area (Å²) in [5.74, 6) is 6.08. The van der Waals surface area contributed by atoms with Gasteiger partial charge in [-0.3, -0.25) is 23.7 Å². The largest absolute Gasteiger partial charge is 0.426 e. The number of rotatable bonds is 5. The fourth-order valence-corrected chi connectivity index (χ4v) is 3.38. The van der Waals surface area contributed by atoms with E-state index < -0.39 is 5.97 Å². The quantitative estimate of drug-likeness (QED) is 0.487. The molecule has 2 fully saturated rings. The predicted molar refractivity (Wildman–Crippen MR) is 118 cm³/mol. The molecule has 2 aliphatic rings. The number of pyridine rings is 1. The molecule has 3 heterocycles. The Morgan fingerprint density at radius 2 is 1.78 bits per heavy atom. The molecular formula is C23H25N5O4. The molecule has 32 heavy (non-hydrogen) atoms. The van der Waals surface area contributed by atoms with Crippen LogP contribution in [0.2, 0.25) is 0 Å². The Bertz CT molecular complexity index is 1300. The van der Waals surface area contributed by atoms with Crippen LogP contribution in [0.4, 0.5) is 0 Å². The second-order valence-corrected chi connectivity index (χ2v) is 7.53. The van der Waals surface area contributed by atoms with Crippen LogP contribution in [-0.2, 0) is 4.79 Å². The van der Waals surface area contributed by atoms with Crippen molar-refractivity contribution in [3.05, 3.63) is 51.2 Å². The van der Waals surface area contributed by atoms with E-state index in [1.54, 1.807) is 29.1 Å². The minimum Gasteiger partial charge on any atom is -0.426 e. The van der Waals surface area contributed by atoms with Crippen LogP contribution < -0.4 is 16.0 Å². The summed E-state index contributed by atoms with van der Waals surface area (Å²) < 4.78 is 8.16. The van der Waals surface area contributed by atoms with Crippen LogP contribution in [0.5, 0.6) is 5.75 Å². The molecule has 0 bridgehead atoms. The third kappa shape index (κ3) is 4.49. The Hall–Kier alpha value is -3.67. The highest BCUT2D eigenvalue weighted by Crippen LogP contribution is 2.36. The van der Waals surface area contributed by atoms with Gasteiger partial charge in [0.2, 0.25) is 0 Å². The molecule has 0 aromatic carbocycles. The molecule has 2 aliphatic carbocycles. The lowest BCUT2D eigenvalue weighted by atomic mass is 10.3. The summed E-state index contributed by atoms with van der Waals surface area (Å²) in [5.41, 5.74) is 0.0684. The molecular weight excluding hydrogens is 410 g/mol. The van der Waals surface area contributed by atoms with Gasteiger partial charge in [0, 0.05) is 30.9 Å². The first-order valence-electron chi connectivity index (χ1n) is 11.0. The lowest BCUT2D eigenvalue weighted by Gasteiger charge is -2.09. The molecule has 0 aliphatic heterocycles. The zero-order valence-corrected chi connectivity index (χ0v) is 18.1. The normalized spacial score (nSPS) is 14.8. The topological polar surface area (TPSA) is 112 Å². The molecule has 5 rings (SSSR count). The second kappa shape index (κ2) is 9.22. The highest BCUT2D eigenvalue weighted by molar-refractivity contribution is 5.73. The van der Waals surface area contributed by atoms with Gasteiger partial charge >= 0.3 is 11.7 Å². The highest BCUT2D eigenvalue weighted by Gasteiger charge is 2.34. The summed E-state index contributed by atoms with van der Waals surface area (Å²) in [6.07, 6.45) is 7.00. The Morgan fingerprint density at radius 1 is 1.12 bits per heavy atom. The van der Waals surface area contributed by atoms with Crippen molar-refractivity contribution in [2.75, 3.05) is 0 Å². The highest BCUT2D eigenvalue weighted by atomic mass is 16.5. The van der Waals surface area contributed by atoms with Gasteiger partial charge in [-0.2, -0.15) is 0 Å². The second-order valence-electron chi connectivity index (χ2n) is 7.53. The van der Waals surface area contributed by atoms with Crippen molar-refractivity contribution in [1.29, 1.82) is 0 Å². The first-order chi connectivity index (χ1) is 15.6. The summed E-state index contributed by atoms with van der Waals surface area (Å²) in [7, 11) is 0. The Balaban J connectivity index is 0.00000119. The molecule has 0 radical (unpaired) electrons. The maximum Gasteiger partial charge on any atom is 0.333 e. The van der Waals surface area contributed by atoms with Gasteiger partial charge in [-0.05, 0) is 43.7 Å². The molecule has 0 atom stereocenters. The summed E-state index contributed by atoms with van der Waals surface area (Å²) in [4.78, 5) is 48.7. The van der Waals surface area contributed by atoms with Gasteiger partial charge in [-0.15, -0.1) is 0 Å². The van der Waals surface area contributed by atoms with Crippen molar-refractivity contribution in [1.82, 2.24) is 24.1 Å². The number of carbonyl (C=O) groups excluding carboxylic acids is 1. The van der Waals surface area contributed by atoms with E-state index in [0.29, 0.717) is 22.7 Å². The van der Waals surface area contributed by atoms with Gasteiger partial charge in [-0.25, -0.2) is 9.78 Å². The SMILES string of the molecule is CC.O=C(CCC#Cc1nc2c([nH]1)c(=O)n(C1CC1)c(=O)n2C1CC1)Oc1ccncc1. The monoisotopic (exact) mass is 435 g/mol. The number of hydrogen-bond acceptors (Lipinski definition) is 6. The minimum atomic E-state index is -0.394. The lowest BCUT2D eigenvalue weighted by Crippen LogP contribution is -2.39. The van der Waals surface area contributed by atoms with E-state index >= 15 is 0 Å². The van der Waals surface area contributed by atoms with Crippen LogP contribution in [0.15, 0.2) is 34.1 Å². The molecule has 3 aromatic heterocycles. The van der Waals surface area contributed by atoms with Crippen molar-refractivity contribution >= 4 is 17.1 Å². The first kappa shape index (κ1) is 21.6. The zero-order valence-electron chi connectivity index (χ0n) is 18.1. The molecule has 2 saturated carbocycles. The smallest absolute Gasteiger partial charge is 0.333 e. The number of carbonyl (C=O) groups is 1. The number of fused-ring (bicyclic) bond motifs is 1. The number of hydrogen-bond donors (Lipinski definition) is 1.